The normalized spacial score (nSPS) is 38.9. The second-order valence-electron chi connectivity index (χ2n) is 3.39. The average molecular weight is 138 g/mol. The molecular weight excluding hydrogens is 120 g/mol. The zero-order chi connectivity index (χ0) is 7.56. The minimum Gasteiger partial charge on any atom is -0.0851 e. The van der Waals surface area contributed by atoms with E-state index in [2.05, 4.69) is 32.9 Å². The van der Waals surface area contributed by atoms with Crippen molar-refractivity contribution in [2.24, 2.45) is 17.8 Å². The Kier molecular flexibility index (Phi) is 2.53. The van der Waals surface area contributed by atoms with Crippen molar-refractivity contribution in [1.82, 2.24) is 0 Å². The van der Waals surface area contributed by atoms with Crippen LogP contribution in [0.1, 0.15) is 33.6 Å². The van der Waals surface area contributed by atoms with Gasteiger partial charge in [0.2, 0.25) is 0 Å². The van der Waals surface area contributed by atoms with E-state index in [0.717, 1.165) is 17.8 Å². The predicted molar refractivity (Wildman–Crippen MR) is 45.9 cm³/mol. The van der Waals surface area contributed by atoms with E-state index in [-0.39, 0.29) is 0 Å². The fourth-order valence-corrected chi connectivity index (χ4v) is 2.11. The van der Waals surface area contributed by atoms with E-state index in [1.165, 1.54) is 12.8 Å². The van der Waals surface area contributed by atoms with Crippen LogP contribution in [-0.4, -0.2) is 0 Å². The quantitative estimate of drug-likeness (QED) is 0.514. The number of allylic oxidation sites excluding steroid dienone is 2. The van der Waals surface area contributed by atoms with Gasteiger partial charge >= 0.3 is 0 Å². The van der Waals surface area contributed by atoms with E-state index in [4.69, 9.17) is 0 Å². The summed E-state index contributed by atoms with van der Waals surface area (Å²) in [7, 11) is 0. The molecule has 0 N–H and O–H groups in total. The molecule has 0 saturated carbocycles. The van der Waals surface area contributed by atoms with Crippen LogP contribution >= 0.6 is 0 Å². The summed E-state index contributed by atoms with van der Waals surface area (Å²) in [6.07, 6.45) is 7.44. The average Bonchev–Trinajstić information content (AvgIpc) is 2.30. The molecule has 10 heavy (non-hydrogen) atoms. The molecule has 0 aromatic rings. The molecule has 0 aliphatic heterocycles. The van der Waals surface area contributed by atoms with E-state index in [1.54, 1.807) is 0 Å². The lowest BCUT2D eigenvalue weighted by Gasteiger charge is -2.19. The van der Waals surface area contributed by atoms with Crippen LogP contribution in [0.3, 0.4) is 0 Å². The van der Waals surface area contributed by atoms with Crippen LogP contribution in [-0.2, 0) is 0 Å². The Balaban J connectivity index is 2.53. The van der Waals surface area contributed by atoms with Crippen molar-refractivity contribution in [3.63, 3.8) is 0 Å². The molecule has 1 rings (SSSR count). The van der Waals surface area contributed by atoms with E-state index in [9.17, 15) is 0 Å². The first kappa shape index (κ1) is 7.84. The molecule has 0 fully saturated rings. The van der Waals surface area contributed by atoms with Crippen molar-refractivity contribution < 1.29 is 0 Å². The van der Waals surface area contributed by atoms with Crippen molar-refractivity contribution in [3.05, 3.63) is 12.2 Å². The van der Waals surface area contributed by atoms with Gasteiger partial charge in [-0.15, -0.1) is 0 Å². The van der Waals surface area contributed by atoms with Crippen LogP contribution < -0.4 is 0 Å². The van der Waals surface area contributed by atoms with E-state index >= 15 is 0 Å². The third kappa shape index (κ3) is 1.25. The van der Waals surface area contributed by atoms with Gasteiger partial charge in [-0.25, -0.2) is 0 Å². The second kappa shape index (κ2) is 3.23. The Bertz CT molecular complexity index is 124. The topological polar surface area (TPSA) is 0 Å². The summed E-state index contributed by atoms with van der Waals surface area (Å²) >= 11 is 0. The third-order valence-corrected chi connectivity index (χ3v) is 2.83. The molecule has 1 aliphatic rings. The lowest BCUT2D eigenvalue weighted by atomic mass is 9.86. The Morgan fingerprint density at radius 1 is 1.10 bits per heavy atom. The third-order valence-electron chi connectivity index (χ3n) is 2.83. The Morgan fingerprint density at radius 3 is 2.20 bits per heavy atom. The molecule has 0 heterocycles. The van der Waals surface area contributed by atoms with Crippen molar-refractivity contribution in [3.8, 4) is 0 Å². The molecule has 0 nitrogen and oxygen atoms in total. The molecule has 0 spiro atoms. The fourth-order valence-electron chi connectivity index (χ4n) is 2.11. The van der Waals surface area contributed by atoms with Gasteiger partial charge in [0.15, 0.2) is 0 Å². The zero-order valence-corrected chi connectivity index (χ0v) is 7.30. The van der Waals surface area contributed by atoms with Gasteiger partial charge in [-0.2, -0.15) is 0 Å². The summed E-state index contributed by atoms with van der Waals surface area (Å²) in [6, 6.07) is 0. The maximum atomic E-state index is 2.40. The zero-order valence-electron chi connectivity index (χ0n) is 7.30. The Hall–Kier alpha value is -0.260. The molecule has 3 atom stereocenters. The summed E-state index contributed by atoms with van der Waals surface area (Å²) in [5.74, 6) is 2.64. The van der Waals surface area contributed by atoms with Crippen LogP contribution in [0.4, 0.5) is 0 Å². The molecule has 3 unspecified atom stereocenters. The van der Waals surface area contributed by atoms with Gasteiger partial charge in [0.05, 0.1) is 0 Å². The van der Waals surface area contributed by atoms with Gasteiger partial charge in [0.25, 0.3) is 0 Å². The molecule has 0 saturated heterocycles. The highest BCUT2D eigenvalue weighted by Crippen LogP contribution is 2.34. The molecular formula is C10H18. The van der Waals surface area contributed by atoms with Crippen LogP contribution in [0.25, 0.3) is 0 Å². The fraction of sp³-hybridized carbons (Fsp3) is 0.800. The Labute approximate surface area is 64.3 Å². The maximum Gasteiger partial charge on any atom is -0.0202 e. The van der Waals surface area contributed by atoms with Crippen LogP contribution in [0.5, 0.6) is 0 Å². The SMILES string of the molecule is CCC1C=CC(C)C1CC. The largest absolute Gasteiger partial charge is 0.0851 e. The van der Waals surface area contributed by atoms with Crippen molar-refractivity contribution in [1.29, 1.82) is 0 Å². The molecule has 58 valence electrons. The first-order valence-electron chi connectivity index (χ1n) is 4.47. The van der Waals surface area contributed by atoms with Crippen LogP contribution in [0, 0.1) is 17.8 Å². The number of rotatable bonds is 2. The molecule has 0 radical (unpaired) electrons. The van der Waals surface area contributed by atoms with E-state index in [0.29, 0.717) is 0 Å². The molecule has 0 amide bonds. The van der Waals surface area contributed by atoms with Crippen molar-refractivity contribution >= 4 is 0 Å². The maximum absolute atomic E-state index is 2.40. The van der Waals surface area contributed by atoms with Crippen molar-refractivity contribution in [2.75, 3.05) is 0 Å². The summed E-state index contributed by atoms with van der Waals surface area (Å²) < 4.78 is 0. The minimum atomic E-state index is 0.829. The lowest BCUT2D eigenvalue weighted by molar-refractivity contribution is 0.333. The molecule has 1 aliphatic carbocycles. The summed E-state index contributed by atoms with van der Waals surface area (Å²) in [5, 5.41) is 0. The van der Waals surface area contributed by atoms with E-state index in [1.807, 2.05) is 0 Å². The monoisotopic (exact) mass is 138 g/mol. The highest BCUT2D eigenvalue weighted by molar-refractivity contribution is 5.04. The predicted octanol–water partition coefficient (Wildman–Crippen LogP) is 3.24. The lowest BCUT2D eigenvalue weighted by Crippen LogP contribution is -2.11. The van der Waals surface area contributed by atoms with Crippen LogP contribution in [0.2, 0.25) is 0 Å². The number of hydrogen-bond donors (Lipinski definition) is 0. The molecule has 0 aromatic heterocycles. The van der Waals surface area contributed by atoms with Gasteiger partial charge in [-0.05, 0) is 24.2 Å². The van der Waals surface area contributed by atoms with Gasteiger partial charge in [-0.1, -0.05) is 39.3 Å². The summed E-state index contributed by atoms with van der Waals surface area (Å²) in [5.41, 5.74) is 0. The molecule has 0 aromatic carbocycles. The van der Waals surface area contributed by atoms with Gasteiger partial charge in [-0.3, -0.25) is 0 Å². The first-order chi connectivity index (χ1) is 4.79. The second-order valence-corrected chi connectivity index (χ2v) is 3.39. The summed E-state index contributed by atoms with van der Waals surface area (Å²) in [6.45, 7) is 6.92. The Morgan fingerprint density at radius 2 is 1.80 bits per heavy atom. The van der Waals surface area contributed by atoms with Crippen molar-refractivity contribution in [2.45, 2.75) is 33.6 Å². The smallest absolute Gasteiger partial charge is 0.0202 e. The van der Waals surface area contributed by atoms with Gasteiger partial charge in [0.1, 0.15) is 0 Å². The minimum absolute atomic E-state index is 0.829. The van der Waals surface area contributed by atoms with Gasteiger partial charge in [0, 0.05) is 0 Å². The highest BCUT2D eigenvalue weighted by atomic mass is 14.3. The highest BCUT2D eigenvalue weighted by Gasteiger charge is 2.25. The molecule has 0 bridgehead atoms. The van der Waals surface area contributed by atoms with Gasteiger partial charge < -0.3 is 0 Å². The standard InChI is InChI=1S/C10H18/c1-4-9-7-6-8(3)10(9)5-2/h6-10H,4-5H2,1-3H3. The molecule has 0 heteroatoms. The summed E-state index contributed by atoms with van der Waals surface area (Å²) in [4.78, 5) is 0. The van der Waals surface area contributed by atoms with Crippen LogP contribution in [0.15, 0.2) is 12.2 Å². The van der Waals surface area contributed by atoms with E-state index < -0.39 is 0 Å². The number of hydrogen-bond acceptors (Lipinski definition) is 0. The first-order valence-corrected chi connectivity index (χ1v) is 4.47.